The molecular formula is C21H24N4O3. The summed E-state index contributed by atoms with van der Waals surface area (Å²) < 4.78 is 0. The van der Waals surface area contributed by atoms with E-state index in [9.17, 15) is 14.4 Å². The summed E-state index contributed by atoms with van der Waals surface area (Å²) in [5, 5.41) is 0. The number of amides is 2. The van der Waals surface area contributed by atoms with Crippen LogP contribution in [0, 0.1) is 6.92 Å². The molecule has 7 nitrogen and oxygen atoms in total. The summed E-state index contributed by atoms with van der Waals surface area (Å²) in [5.41, 5.74) is 1.38. The van der Waals surface area contributed by atoms with Crippen LogP contribution in [-0.4, -0.2) is 57.3 Å². The van der Waals surface area contributed by atoms with E-state index in [1.54, 1.807) is 0 Å². The quantitative estimate of drug-likeness (QED) is 0.882. The molecule has 2 aliphatic rings. The number of H-pyrrole nitrogens is 1. The highest BCUT2D eigenvalue weighted by Gasteiger charge is 2.33. The number of hydrogen-bond donors (Lipinski definition) is 1. The Bertz CT molecular complexity index is 945. The number of nitrogens with one attached hydrogen (secondary N) is 1. The van der Waals surface area contributed by atoms with Crippen LogP contribution in [0.5, 0.6) is 0 Å². The molecule has 0 bridgehead atoms. The number of rotatable bonds is 3. The molecule has 1 saturated carbocycles. The average Bonchev–Trinajstić information content (AvgIpc) is 3.22. The summed E-state index contributed by atoms with van der Waals surface area (Å²) in [7, 11) is 0. The van der Waals surface area contributed by atoms with Gasteiger partial charge in [-0.3, -0.25) is 14.4 Å². The normalized spacial score (nSPS) is 18.0. The Morgan fingerprint density at radius 1 is 1.11 bits per heavy atom. The number of piperazine rings is 1. The van der Waals surface area contributed by atoms with Crippen LogP contribution >= 0.6 is 0 Å². The summed E-state index contributed by atoms with van der Waals surface area (Å²) >= 11 is 0. The van der Waals surface area contributed by atoms with Crippen LogP contribution in [0.3, 0.4) is 0 Å². The van der Waals surface area contributed by atoms with Crippen molar-refractivity contribution in [2.45, 2.75) is 38.6 Å². The second-order valence-corrected chi connectivity index (χ2v) is 7.59. The van der Waals surface area contributed by atoms with Gasteiger partial charge in [0.2, 0.25) is 5.91 Å². The Morgan fingerprint density at radius 2 is 1.82 bits per heavy atom. The first-order chi connectivity index (χ1) is 13.5. The highest BCUT2D eigenvalue weighted by Crippen LogP contribution is 2.25. The summed E-state index contributed by atoms with van der Waals surface area (Å²) in [5.74, 6) is -0.0560. The molecular weight excluding hydrogens is 356 g/mol. The molecule has 2 heterocycles. The van der Waals surface area contributed by atoms with Gasteiger partial charge in [-0.2, -0.15) is 0 Å². The fourth-order valence-corrected chi connectivity index (χ4v) is 4.04. The number of aromatic amines is 1. The molecule has 1 aromatic heterocycles. The summed E-state index contributed by atoms with van der Waals surface area (Å²) in [4.78, 5) is 48.1. The highest BCUT2D eigenvalue weighted by molar-refractivity contribution is 5.96. The monoisotopic (exact) mass is 380 g/mol. The van der Waals surface area contributed by atoms with Gasteiger partial charge in [0.05, 0.1) is 0 Å². The van der Waals surface area contributed by atoms with Crippen molar-refractivity contribution in [3.05, 3.63) is 51.9 Å². The van der Waals surface area contributed by atoms with E-state index in [0.29, 0.717) is 25.0 Å². The van der Waals surface area contributed by atoms with Gasteiger partial charge in [-0.15, -0.1) is 0 Å². The number of benzene rings is 1. The molecule has 4 rings (SSSR count). The van der Waals surface area contributed by atoms with Gasteiger partial charge >= 0.3 is 0 Å². The van der Waals surface area contributed by atoms with E-state index in [2.05, 4.69) is 9.97 Å². The van der Waals surface area contributed by atoms with Gasteiger partial charge in [-0.1, -0.05) is 42.7 Å². The van der Waals surface area contributed by atoms with Gasteiger partial charge in [0, 0.05) is 30.9 Å². The Kier molecular flexibility index (Phi) is 4.98. The van der Waals surface area contributed by atoms with E-state index in [1.165, 1.54) is 11.1 Å². The van der Waals surface area contributed by atoms with E-state index >= 15 is 0 Å². The minimum atomic E-state index is -0.485. The summed E-state index contributed by atoms with van der Waals surface area (Å²) in [6, 6.07) is 7.92. The van der Waals surface area contributed by atoms with Gasteiger partial charge in [0.25, 0.3) is 11.5 Å². The predicted molar refractivity (Wildman–Crippen MR) is 105 cm³/mol. The molecule has 1 saturated heterocycles. The van der Waals surface area contributed by atoms with Crippen molar-refractivity contribution < 1.29 is 9.59 Å². The summed E-state index contributed by atoms with van der Waals surface area (Å²) in [6.45, 7) is 2.98. The van der Waals surface area contributed by atoms with E-state index in [0.717, 1.165) is 36.8 Å². The number of carbonyl (C=O) groups is 2. The van der Waals surface area contributed by atoms with Crippen molar-refractivity contribution in [1.29, 1.82) is 0 Å². The highest BCUT2D eigenvalue weighted by atomic mass is 16.2. The van der Waals surface area contributed by atoms with Crippen LogP contribution in [0.1, 0.15) is 41.6 Å². The third-order valence-electron chi connectivity index (χ3n) is 5.66. The molecule has 2 amide bonds. The molecule has 0 unspecified atom stereocenters. The third kappa shape index (κ3) is 3.56. The molecule has 146 valence electrons. The maximum Gasteiger partial charge on any atom is 0.264 e. The predicted octanol–water partition coefficient (Wildman–Crippen LogP) is 1.97. The lowest BCUT2D eigenvalue weighted by molar-refractivity contribution is -0.137. The smallest absolute Gasteiger partial charge is 0.264 e. The van der Waals surface area contributed by atoms with Crippen LogP contribution < -0.4 is 5.56 Å². The van der Waals surface area contributed by atoms with Crippen molar-refractivity contribution in [1.82, 2.24) is 19.8 Å². The molecule has 1 aliphatic heterocycles. The first-order valence-corrected chi connectivity index (χ1v) is 9.78. The van der Waals surface area contributed by atoms with Gasteiger partial charge < -0.3 is 14.8 Å². The zero-order chi connectivity index (χ0) is 19.7. The van der Waals surface area contributed by atoms with Crippen LogP contribution in [0.2, 0.25) is 0 Å². The molecule has 1 aromatic carbocycles. The maximum absolute atomic E-state index is 12.8. The maximum atomic E-state index is 12.8. The molecule has 2 aromatic rings. The van der Waals surface area contributed by atoms with E-state index in [-0.39, 0.29) is 18.0 Å². The van der Waals surface area contributed by atoms with Gasteiger partial charge in [-0.25, -0.2) is 4.98 Å². The molecule has 2 fully saturated rings. The summed E-state index contributed by atoms with van der Waals surface area (Å²) in [6.07, 6.45) is 5.72. The largest absolute Gasteiger partial charge is 0.336 e. The van der Waals surface area contributed by atoms with Crippen LogP contribution in [0.4, 0.5) is 0 Å². The fraction of sp³-hybridized carbons (Fsp3) is 0.429. The van der Waals surface area contributed by atoms with Crippen LogP contribution in [0.15, 0.2) is 35.3 Å². The number of aryl methyl sites for hydroxylation is 1. The first kappa shape index (κ1) is 18.4. The minimum absolute atomic E-state index is 0.0223. The Balaban J connectivity index is 1.48. The standard InChI is InChI=1S/C21H24N4O3/c1-14-6-8-15(9-7-14)19-22-12-17(20(27)23-19)21(28)24-10-11-25(18(26)13-24)16-4-2-3-5-16/h6-9,12,16H,2-5,10-11,13H2,1H3,(H,22,23,27). The Hall–Kier alpha value is -2.96. The number of nitrogens with zero attached hydrogens (tertiary/aromatic N) is 3. The van der Waals surface area contributed by atoms with E-state index in [1.807, 2.05) is 36.1 Å². The lowest BCUT2D eigenvalue weighted by Gasteiger charge is -2.37. The second-order valence-electron chi connectivity index (χ2n) is 7.59. The third-order valence-corrected chi connectivity index (χ3v) is 5.66. The number of carbonyl (C=O) groups excluding carboxylic acids is 2. The number of hydrogen-bond acceptors (Lipinski definition) is 4. The topological polar surface area (TPSA) is 86.4 Å². The van der Waals surface area contributed by atoms with E-state index < -0.39 is 11.5 Å². The lowest BCUT2D eigenvalue weighted by atomic mass is 10.1. The lowest BCUT2D eigenvalue weighted by Crippen LogP contribution is -2.55. The van der Waals surface area contributed by atoms with Gasteiger partial charge in [0.15, 0.2) is 0 Å². The van der Waals surface area contributed by atoms with Crippen LogP contribution in [0.25, 0.3) is 11.4 Å². The number of aromatic nitrogens is 2. The van der Waals surface area contributed by atoms with Crippen molar-refractivity contribution in [2.24, 2.45) is 0 Å². The molecule has 28 heavy (non-hydrogen) atoms. The molecule has 0 atom stereocenters. The molecule has 1 aliphatic carbocycles. The van der Waals surface area contributed by atoms with Crippen molar-refractivity contribution in [2.75, 3.05) is 19.6 Å². The SMILES string of the molecule is Cc1ccc(-c2ncc(C(=O)N3CCN(C4CCCC4)C(=O)C3)c(=O)[nH]2)cc1. The molecule has 7 heteroatoms. The first-order valence-electron chi connectivity index (χ1n) is 9.78. The van der Waals surface area contributed by atoms with Gasteiger partial charge in [-0.05, 0) is 19.8 Å². The molecule has 0 spiro atoms. The van der Waals surface area contributed by atoms with E-state index in [4.69, 9.17) is 0 Å². The Labute approximate surface area is 163 Å². The van der Waals surface area contributed by atoms with Gasteiger partial charge in [0.1, 0.15) is 17.9 Å². The average molecular weight is 380 g/mol. The van der Waals surface area contributed by atoms with Crippen LogP contribution in [-0.2, 0) is 4.79 Å². The molecule has 0 radical (unpaired) electrons. The van der Waals surface area contributed by atoms with Crippen molar-refractivity contribution >= 4 is 11.8 Å². The minimum Gasteiger partial charge on any atom is -0.336 e. The zero-order valence-electron chi connectivity index (χ0n) is 16.0. The Morgan fingerprint density at radius 3 is 2.46 bits per heavy atom. The molecule has 1 N–H and O–H groups in total. The van der Waals surface area contributed by atoms with Crippen molar-refractivity contribution in [3.8, 4) is 11.4 Å². The van der Waals surface area contributed by atoms with Crippen molar-refractivity contribution in [3.63, 3.8) is 0 Å². The zero-order valence-corrected chi connectivity index (χ0v) is 16.0. The fourth-order valence-electron chi connectivity index (χ4n) is 4.04. The second kappa shape index (κ2) is 7.58.